The Hall–Kier alpha value is -1.09. The molecule has 0 saturated carbocycles. The summed E-state index contributed by atoms with van der Waals surface area (Å²) in [4.78, 5) is 4.40. The fourth-order valence-corrected chi connectivity index (χ4v) is 2.46. The van der Waals surface area contributed by atoms with Crippen molar-refractivity contribution >= 4 is 15.9 Å². The van der Waals surface area contributed by atoms with Gasteiger partial charge < -0.3 is 4.57 Å². The summed E-state index contributed by atoms with van der Waals surface area (Å²) in [6.07, 6.45) is 3.85. The smallest absolute Gasteiger partial charge is 0.107 e. The van der Waals surface area contributed by atoms with E-state index in [1.54, 1.807) is 0 Å². The van der Waals surface area contributed by atoms with E-state index in [-0.39, 0.29) is 5.41 Å². The number of imidazole rings is 1. The zero-order valence-electron chi connectivity index (χ0n) is 12.1. The Balaban J connectivity index is 2.03. The number of nitrogens with zero attached hydrogens (tertiary/aromatic N) is 2. The number of halogens is 1. The van der Waals surface area contributed by atoms with Crippen LogP contribution in [0.2, 0.25) is 0 Å². The summed E-state index contributed by atoms with van der Waals surface area (Å²) < 4.78 is 3.08. The molecular weight excluding hydrogens is 300 g/mol. The summed E-state index contributed by atoms with van der Waals surface area (Å²) >= 11 is 3.56. The van der Waals surface area contributed by atoms with Crippen LogP contribution < -0.4 is 0 Å². The first-order chi connectivity index (χ1) is 8.88. The van der Waals surface area contributed by atoms with Crippen molar-refractivity contribution in [1.82, 2.24) is 9.55 Å². The third-order valence-electron chi connectivity index (χ3n) is 3.41. The normalized spacial score (nSPS) is 11.8. The molecule has 0 bridgehead atoms. The van der Waals surface area contributed by atoms with Gasteiger partial charge in [0.15, 0.2) is 0 Å². The summed E-state index contributed by atoms with van der Waals surface area (Å²) in [5, 5.41) is 0. The SMILES string of the molecule is Cn1cnc(CCc2ccc(C(C)(C)C)cc2)c1Br. The maximum atomic E-state index is 4.40. The summed E-state index contributed by atoms with van der Waals surface area (Å²) in [6, 6.07) is 8.94. The van der Waals surface area contributed by atoms with Gasteiger partial charge in [0, 0.05) is 7.05 Å². The van der Waals surface area contributed by atoms with Crippen LogP contribution in [0.1, 0.15) is 37.6 Å². The van der Waals surface area contributed by atoms with Crippen molar-refractivity contribution in [2.45, 2.75) is 39.0 Å². The van der Waals surface area contributed by atoms with E-state index in [4.69, 9.17) is 0 Å². The third kappa shape index (κ3) is 3.47. The molecule has 3 heteroatoms. The number of aryl methyl sites for hydroxylation is 3. The molecule has 0 atom stereocenters. The summed E-state index contributed by atoms with van der Waals surface area (Å²) in [6.45, 7) is 6.73. The van der Waals surface area contributed by atoms with Crippen LogP contribution >= 0.6 is 15.9 Å². The van der Waals surface area contributed by atoms with E-state index in [0.29, 0.717) is 0 Å². The Bertz CT molecular complexity index is 547. The van der Waals surface area contributed by atoms with Crippen LogP contribution in [0.15, 0.2) is 35.2 Å². The zero-order chi connectivity index (χ0) is 14.0. The standard InChI is InChI=1S/C16H21BrN2/c1-16(2,3)13-8-5-12(6-9-13)7-10-14-15(17)19(4)11-18-14/h5-6,8-9,11H,7,10H2,1-4H3. The minimum atomic E-state index is 0.225. The van der Waals surface area contributed by atoms with Crippen molar-refractivity contribution in [1.29, 1.82) is 0 Å². The summed E-state index contributed by atoms with van der Waals surface area (Å²) in [5.41, 5.74) is 4.10. The van der Waals surface area contributed by atoms with Gasteiger partial charge in [-0.3, -0.25) is 0 Å². The molecule has 1 heterocycles. The lowest BCUT2D eigenvalue weighted by atomic mass is 9.86. The van der Waals surface area contributed by atoms with Crippen molar-refractivity contribution in [2.75, 3.05) is 0 Å². The summed E-state index contributed by atoms with van der Waals surface area (Å²) in [5.74, 6) is 0. The maximum absolute atomic E-state index is 4.40. The van der Waals surface area contributed by atoms with E-state index >= 15 is 0 Å². The fraction of sp³-hybridized carbons (Fsp3) is 0.438. The number of rotatable bonds is 3. The molecule has 0 N–H and O–H groups in total. The van der Waals surface area contributed by atoms with Crippen LogP contribution in [0.3, 0.4) is 0 Å². The molecule has 19 heavy (non-hydrogen) atoms. The third-order valence-corrected chi connectivity index (χ3v) is 4.42. The van der Waals surface area contributed by atoms with E-state index in [1.807, 2.05) is 17.9 Å². The monoisotopic (exact) mass is 320 g/mol. The second kappa shape index (κ2) is 5.49. The average molecular weight is 321 g/mol. The van der Waals surface area contributed by atoms with Gasteiger partial charge in [0.05, 0.1) is 12.0 Å². The number of aromatic nitrogens is 2. The molecule has 0 spiro atoms. The van der Waals surface area contributed by atoms with Gasteiger partial charge in [-0.25, -0.2) is 4.98 Å². The van der Waals surface area contributed by atoms with Gasteiger partial charge >= 0.3 is 0 Å². The van der Waals surface area contributed by atoms with Gasteiger partial charge in [-0.1, -0.05) is 45.0 Å². The van der Waals surface area contributed by atoms with Crippen molar-refractivity contribution < 1.29 is 0 Å². The average Bonchev–Trinajstić information content (AvgIpc) is 2.67. The number of hydrogen-bond donors (Lipinski definition) is 0. The first-order valence-corrected chi connectivity index (χ1v) is 7.42. The van der Waals surface area contributed by atoms with E-state index in [2.05, 4.69) is 66.0 Å². The summed E-state index contributed by atoms with van der Waals surface area (Å²) in [7, 11) is 2.00. The molecule has 0 radical (unpaired) electrons. The van der Waals surface area contributed by atoms with Crippen molar-refractivity contribution in [3.63, 3.8) is 0 Å². The molecule has 0 aliphatic rings. The van der Waals surface area contributed by atoms with Crippen molar-refractivity contribution in [2.24, 2.45) is 7.05 Å². The van der Waals surface area contributed by atoms with Crippen LogP contribution in [-0.2, 0) is 25.3 Å². The zero-order valence-corrected chi connectivity index (χ0v) is 13.7. The van der Waals surface area contributed by atoms with Gasteiger partial charge in [-0.2, -0.15) is 0 Å². The molecule has 0 aliphatic carbocycles. The highest BCUT2D eigenvalue weighted by molar-refractivity contribution is 9.10. The Morgan fingerprint density at radius 2 is 1.74 bits per heavy atom. The van der Waals surface area contributed by atoms with Crippen LogP contribution in [0.5, 0.6) is 0 Å². The maximum Gasteiger partial charge on any atom is 0.107 e. The van der Waals surface area contributed by atoms with Crippen LogP contribution in [-0.4, -0.2) is 9.55 Å². The molecule has 102 valence electrons. The Morgan fingerprint density at radius 1 is 1.11 bits per heavy atom. The van der Waals surface area contributed by atoms with Gasteiger partial charge in [-0.05, 0) is 45.3 Å². The largest absolute Gasteiger partial charge is 0.328 e. The Morgan fingerprint density at radius 3 is 2.21 bits per heavy atom. The molecule has 1 aromatic carbocycles. The van der Waals surface area contributed by atoms with Crippen molar-refractivity contribution in [3.05, 3.63) is 52.0 Å². The predicted octanol–water partition coefficient (Wildman–Crippen LogP) is 4.27. The molecule has 2 rings (SSSR count). The van der Waals surface area contributed by atoms with Crippen molar-refractivity contribution in [3.8, 4) is 0 Å². The highest BCUT2D eigenvalue weighted by Gasteiger charge is 2.13. The van der Waals surface area contributed by atoms with Gasteiger partial charge in [0.1, 0.15) is 4.60 Å². The number of hydrogen-bond acceptors (Lipinski definition) is 1. The molecule has 0 amide bonds. The van der Waals surface area contributed by atoms with Crippen LogP contribution in [0.4, 0.5) is 0 Å². The fourth-order valence-electron chi connectivity index (χ4n) is 2.07. The molecule has 2 nitrogen and oxygen atoms in total. The molecule has 0 aliphatic heterocycles. The van der Waals surface area contributed by atoms with E-state index in [9.17, 15) is 0 Å². The highest BCUT2D eigenvalue weighted by Crippen LogP contribution is 2.23. The lowest BCUT2D eigenvalue weighted by Gasteiger charge is -2.19. The van der Waals surface area contributed by atoms with E-state index < -0.39 is 0 Å². The minimum Gasteiger partial charge on any atom is -0.328 e. The van der Waals surface area contributed by atoms with E-state index in [1.165, 1.54) is 11.1 Å². The molecule has 0 unspecified atom stereocenters. The molecular formula is C16H21BrN2. The van der Waals surface area contributed by atoms with Crippen LogP contribution in [0, 0.1) is 0 Å². The van der Waals surface area contributed by atoms with Gasteiger partial charge in [0.25, 0.3) is 0 Å². The Labute approximate surface area is 124 Å². The number of benzene rings is 1. The van der Waals surface area contributed by atoms with Gasteiger partial charge in [0.2, 0.25) is 0 Å². The molecule has 1 aromatic heterocycles. The first-order valence-electron chi connectivity index (χ1n) is 6.63. The second-order valence-electron chi connectivity index (χ2n) is 6.04. The quantitative estimate of drug-likeness (QED) is 0.826. The van der Waals surface area contributed by atoms with E-state index in [0.717, 1.165) is 23.1 Å². The Kier molecular flexibility index (Phi) is 4.14. The van der Waals surface area contributed by atoms with Gasteiger partial charge in [-0.15, -0.1) is 0 Å². The molecule has 0 fully saturated rings. The minimum absolute atomic E-state index is 0.225. The topological polar surface area (TPSA) is 17.8 Å². The first kappa shape index (κ1) is 14.3. The molecule has 0 saturated heterocycles. The molecule has 2 aromatic rings. The lowest BCUT2D eigenvalue weighted by molar-refractivity contribution is 0.590. The second-order valence-corrected chi connectivity index (χ2v) is 6.79. The highest BCUT2D eigenvalue weighted by atomic mass is 79.9. The predicted molar refractivity (Wildman–Crippen MR) is 83.5 cm³/mol. The lowest BCUT2D eigenvalue weighted by Crippen LogP contribution is -2.10. The van der Waals surface area contributed by atoms with Crippen LogP contribution in [0.25, 0.3) is 0 Å².